The third-order valence-electron chi connectivity index (χ3n) is 3.33. The van der Waals surface area contributed by atoms with E-state index in [0.717, 1.165) is 6.07 Å². The molecule has 0 aliphatic carbocycles. The topological polar surface area (TPSA) is 93.1 Å². The fraction of sp³-hybridized carbons (Fsp3) is 0.176. The Kier molecular flexibility index (Phi) is 4.85. The summed E-state index contributed by atoms with van der Waals surface area (Å²) in [6.07, 6.45) is -0.240. The molecule has 0 radical (unpaired) electrons. The molecule has 0 saturated heterocycles. The van der Waals surface area contributed by atoms with E-state index < -0.39 is 17.5 Å². The second-order valence-corrected chi connectivity index (χ2v) is 4.81. The van der Waals surface area contributed by atoms with Gasteiger partial charge in [-0.05, 0) is 35.9 Å². The van der Waals surface area contributed by atoms with Crippen LogP contribution in [0.2, 0.25) is 0 Å². The SMILES string of the molecule is COC(=O)Cc1cc(O)cc(O)c1C(=O)c1ccc(OC)cc1. The molecule has 2 rings (SSSR count). The Bertz CT molecular complexity index is 733. The Hall–Kier alpha value is -3.02. The van der Waals surface area contributed by atoms with Gasteiger partial charge < -0.3 is 19.7 Å². The second kappa shape index (κ2) is 6.83. The number of esters is 1. The second-order valence-electron chi connectivity index (χ2n) is 4.81. The molecule has 2 aromatic carbocycles. The first kappa shape index (κ1) is 16.4. The van der Waals surface area contributed by atoms with Crippen molar-refractivity contribution in [3.8, 4) is 17.2 Å². The van der Waals surface area contributed by atoms with Crippen molar-refractivity contribution in [3.63, 3.8) is 0 Å². The van der Waals surface area contributed by atoms with Crippen LogP contribution in [0.3, 0.4) is 0 Å². The van der Waals surface area contributed by atoms with E-state index >= 15 is 0 Å². The van der Waals surface area contributed by atoms with Gasteiger partial charge in [-0.3, -0.25) is 9.59 Å². The summed E-state index contributed by atoms with van der Waals surface area (Å²) in [6, 6.07) is 8.64. The van der Waals surface area contributed by atoms with Gasteiger partial charge in [0.05, 0.1) is 26.2 Å². The van der Waals surface area contributed by atoms with E-state index in [4.69, 9.17) is 4.74 Å². The van der Waals surface area contributed by atoms with Crippen molar-refractivity contribution in [2.75, 3.05) is 14.2 Å². The number of phenolic OH excluding ortho intramolecular Hbond substituents is 2. The molecule has 23 heavy (non-hydrogen) atoms. The number of carbonyl (C=O) groups is 2. The van der Waals surface area contributed by atoms with Crippen molar-refractivity contribution >= 4 is 11.8 Å². The summed E-state index contributed by atoms with van der Waals surface area (Å²) in [5.74, 6) is -1.11. The van der Waals surface area contributed by atoms with Gasteiger partial charge in [-0.2, -0.15) is 0 Å². The first-order chi connectivity index (χ1) is 11.0. The van der Waals surface area contributed by atoms with Crippen molar-refractivity contribution in [2.24, 2.45) is 0 Å². The minimum Gasteiger partial charge on any atom is -0.508 e. The van der Waals surface area contributed by atoms with E-state index in [1.165, 1.54) is 20.3 Å². The molecule has 6 heteroatoms. The molecule has 0 atom stereocenters. The minimum absolute atomic E-state index is 0.0432. The van der Waals surface area contributed by atoms with Crippen molar-refractivity contribution in [1.29, 1.82) is 0 Å². The fourth-order valence-corrected chi connectivity index (χ4v) is 2.19. The zero-order chi connectivity index (χ0) is 17.0. The Morgan fingerprint density at radius 3 is 2.26 bits per heavy atom. The molecule has 0 unspecified atom stereocenters. The molecular weight excluding hydrogens is 300 g/mol. The molecule has 0 fully saturated rings. The summed E-state index contributed by atoms with van der Waals surface area (Å²) in [5.41, 5.74) is 0.464. The summed E-state index contributed by atoms with van der Waals surface area (Å²) in [7, 11) is 2.73. The third kappa shape index (κ3) is 3.60. The Morgan fingerprint density at radius 2 is 1.70 bits per heavy atom. The molecule has 0 aromatic heterocycles. The highest BCUT2D eigenvalue weighted by molar-refractivity contribution is 6.12. The number of carbonyl (C=O) groups excluding carboxylic acids is 2. The Morgan fingerprint density at radius 1 is 1.04 bits per heavy atom. The average molecular weight is 316 g/mol. The Labute approximate surface area is 132 Å². The number of benzene rings is 2. The van der Waals surface area contributed by atoms with Crippen LogP contribution in [0.15, 0.2) is 36.4 Å². The third-order valence-corrected chi connectivity index (χ3v) is 3.33. The maximum atomic E-state index is 12.6. The van der Waals surface area contributed by atoms with Gasteiger partial charge in [0, 0.05) is 11.6 Å². The lowest BCUT2D eigenvalue weighted by molar-refractivity contribution is -0.139. The van der Waals surface area contributed by atoms with Gasteiger partial charge >= 0.3 is 5.97 Å². The van der Waals surface area contributed by atoms with E-state index in [2.05, 4.69) is 4.74 Å². The number of ether oxygens (including phenoxy) is 2. The van der Waals surface area contributed by atoms with E-state index in [9.17, 15) is 19.8 Å². The predicted octanol–water partition coefficient (Wildman–Crippen LogP) is 2.05. The molecule has 2 N–H and O–H groups in total. The standard InChI is InChI=1S/C17H16O6/c1-22-13-5-3-10(4-6-13)17(21)16-11(8-15(20)23-2)7-12(18)9-14(16)19/h3-7,9,18-19H,8H2,1-2H3. The lowest BCUT2D eigenvalue weighted by atomic mass is 9.95. The highest BCUT2D eigenvalue weighted by atomic mass is 16.5. The minimum atomic E-state index is -0.584. The number of rotatable bonds is 5. The van der Waals surface area contributed by atoms with Crippen LogP contribution in [-0.4, -0.2) is 36.2 Å². The molecule has 0 aliphatic heterocycles. The van der Waals surface area contributed by atoms with Crippen LogP contribution in [0.25, 0.3) is 0 Å². The highest BCUT2D eigenvalue weighted by Gasteiger charge is 2.21. The molecule has 0 heterocycles. The van der Waals surface area contributed by atoms with Gasteiger partial charge in [0.25, 0.3) is 0 Å². The van der Waals surface area contributed by atoms with Gasteiger partial charge in [0.2, 0.25) is 0 Å². The summed E-state index contributed by atoms with van der Waals surface area (Å²) >= 11 is 0. The number of phenols is 2. The first-order valence-electron chi connectivity index (χ1n) is 6.76. The quantitative estimate of drug-likeness (QED) is 0.648. The van der Waals surface area contributed by atoms with Gasteiger partial charge in [0.15, 0.2) is 5.78 Å². The highest BCUT2D eigenvalue weighted by Crippen LogP contribution is 2.30. The number of methoxy groups -OCH3 is 2. The lowest BCUT2D eigenvalue weighted by Gasteiger charge is -2.11. The largest absolute Gasteiger partial charge is 0.508 e. The number of hydrogen-bond acceptors (Lipinski definition) is 6. The summed E-state index contributed by atoms with van der Waals surface area (Å²) in [4.78, 5) is 24.1. The summed E-state index contributed by atoms with van der Waals surface area (Å²) in [5, 5.41) is 19.6. The molecule has 2 aromatic rings. The average Bonchev–Trinajstić information content (AvgIpc) is 2.53. The van der Waals surface area contributed by atoms with E-state index in [0.29, 0.717) is 11.3 Å². The summed E-state index contributed by atoms with van der Waals surface area (Å²) in [6.45, 7) is 0. The van der Waals surface area contributed by atoms with Crippen LogP contribution in [0.4, 0.5) is 0 Å². The molecule has 0 aliphatic rings. The van der Waals surface area contributed by atoms with E-state index in [-0.39, 0.29) is 23.3 Å². The van der Waals surface area contributed by atoms with E-state index in [1.54, 1.807) is 24.3 Å². The van der Waals surface area contributed by atoms with Gasteiger partial charge in [0.1, 0.15) is 17.2 Å². The zero-order valence-corrected chi connectivity index (χ0v) is 12.7. The van der Waals surface area contributed by atoms with Crippen molar-refractivity contribution in [2.45, 2.75) is 6.42 Å². The maximum absolute atomic E-state index is 12.6. The van der Waals surface area contributed by atoms with Crippen LogP contribution in [0.1, 0.15) is 21.5 Å². The van der Waals surface area contributed by atoms with Crippen LogP contribution in [0, 0.1) is 0 Å². The molecule has 120 valence electrons. The fourth-order valence-electron chi connectivity index (χ4n) is 2.19. The maximum Gasteiger partial charge on any atom is 0.310 e. The van der Waals surface area contributed by atoms with Crippen LogP contribution >= 0.6 is 0 Å². The lowest BCUT2D eigenvalue weighted by Crippen LogP contribution is -2.11. The normalized spacial score (nSPS) is 10.2. The number of ketones is 1. The van der Waals surface area contributed by atoms with Crippen molar-refractivity contribution in [1.82, 2.24) is 0 Å². The van der Waals surface area contributed by atoms with Crippen LogP contribution in [0.5, 0.6) is 17.2 Å². The van der Waals surface area contributed by atoms with Crippen LogP contribution < -0.4 is 4.74 Å². The Balaban J connectivity index is 2.47. The molecular formula is C17H16O6. The molecule has 0 spiro atoms. The smallest absolute Gasteiger partial charge is 0.310 e. The zero-order valence-electron chi connectivity index (χ0n) is 12.7. The van der Waals surface area contributed by atoms with Gasteiger partial charge in [-0.25, -0.2) is 0 Å². The summed E-state index contributed by atoms with van der Waals surface area (Å²) < 4.78 is 9.60. The molecule has 6 nitrogen and oxygen atoms in total. The van der Waals surface area contributed by atoms with Gasteiger partial charge in [-0.1, -0.05) is 0 Å². The molecule has 0 saturated carbocycles. The molecule has 0 bridgehead atoms. The van der Waals surface area contributed by atoms with E-state index in [1.807, 2.05) is 0 Å². The van der Waals surface area contributed by atoms with Gasteiger partial charge in [-0.15, -0.1) is 0 Å². The molecule has 0 amide bonds. The number of hydrogen-bond donors (Lipinski definition) is 2. The van der Waals surface area contributed by atoms with Crippen molar-refractivity contribution in [3.05, 3.63) is 53.1 Å². The monoisotopic (exact) mass is 316 g/mol. The van der Waals surface area contributed by atoms with Crippen molar-refractivity contribution < 1.29 is 29.3 Å². The number of aromatic hydroxyl groups is 2. The predicted molar refractivity (Wildman–Crippen MR) is 81.9 cm³/mol. The first-order valence-corrected chi connectivity index (χ1v) is 6.76. The van der Waals surface area contributed by atoms with Crippen LogP contribution in [-0.2, 0) is 16.0 Å².